The van der Waals surface area contributed by atoms with E-state index in [9.17, 15) is 5.11 Å². The molecule has 0 unspecified atom stereocenters. The van der Waals surface area contributed by atoms with E-state index in [0.717, 1.165) is 48.8 Å². The van der Waals surface area contributed by atoms with Crippen LogP contribution in [-0.2, 0) is 0 Å². The molecule has 4 heteroatoms. The molecule has 21 heavy (non-hydrogen) atoms. The van der Waals surface area contributed by atoms with Gasteiger partial charge < -0.3 is 10.4 Å². The first-order chi connectivity index (χ1) is 10.1. The van der Waals surface area contributed by atoms with E-state index < -0.39 is 0 Å². The SMILES string of the molecule is C=C1NC(CC)=C(CN2CC[C@H](O)C2)c2ccc(Cl)cc21. The van der Waals surface area contributed by atoms with Crippen molar-refractivity contribution in [3.05, 3.63) is 46.6 Å². The van der Waals surface area contributed by atoms with Crippen LogP contribution in [-0.4, -0.2) is 35.7 Å². The number of rotatable bonds is 3. The van der Waals surface area contributed by atoms with Crippen molar-refractivity contribution in [3.63, 3.8) is 0 Å². The molecule has 1 atom stereocenters. The Hall–Kier alpha value is -1.29. The monoisotopic (exact) mass is 304 g/mol. The number of aliphatic hydroxyl groups excluding tert-OH is 1. The van der Waals surface area contributed by atoms with Crippen LogP contribution >= 0.6 is 11.6 Å². The molecular formula is C17H21ClN2O. The van der Waals surface area contributed by atoms with E-state index in [1.807, 2.05) is 12.1 Å². The molecule has 2 aliphatic heterocycles. The lowest BCUT2D eigenvalue weighted by atomic mass is 9.91. The van der Waals surface area contributed by atoms with Gasteiger partial charge in [0.1, 0.15) is 0 Å². The molecule has 1 aromatic carbocycles. The molecule has 112 valence electrons. The number of hydrogen-bond donors (Lipinski definition) is 2. The summed E-state index contributed by atoms with van der Waals surface area (Å²) in [6, 6.07) is 5.99. The fraction of sp³-hybridized carbons (Fsp3) is 0.412. The van der Waals surface area contributed by atoms with Crippen LogP contribution in [0, 0.1) is 0 Å². The zero-order valence-electron chi connectivity index (χ0n) is 12.3. The number of likely N-dealkylation sites (tertiary alicyclic amines) is 1. The normalized spacial score (nSPS) is 22.4. The van der Waals surface area contributed by atoms with Crippen molar-refractivity contribution in [3.8, 4) is 0 Å². The average molecular weight is 305 g/mol. The molecule has 1 aromatic rings. The zero-order valence-corrected chi connectivity index (χ0v) is 13.1. The Morgan fingerprint density at radius 2 is 2.24 bits per heavy atom. The topological polar surface area (TPSA) is 35.5 Å². The molecule has 0 bridgehead atoms. The van der Waals surface area contributed by atoms with Gasteiger partial charge in [0.2, 0.25) is 0 Å². The third-order valence-electron chi connectivity index (χ3n) is 4.28. The van der Waals surface area contributed by atoms with Crippen molar-refractivity contribution in [1.29, 1.82) is 0 Å². The highest BCUT2D eigenvalue weighted by atomic mass is 35.5. The Bertz CT molecular complexity index is 609. The van der Waals surface area contributed by atoms with Gasteiger partial charge in [0.25, 0.3) is 0 Å². The fourth-order valence-corrected chi connectivity index (χ4v) is 3.35. The van der Waals surface area contributed by atoms with Gasteiger partial charge in [-0.15, -0.1) is 0 Å². The first-order valence-electron chi connectivity index (χ1n) is 7.47. The van der Waals surface area contributed by atoms with Crippen LogP contribution < -0.4 is 5.32 Å². The predicted molar refractivity (Wildman–Crippen MR) is 87.9 cm³/mol. The number of aliphatic hydroxyl groups is 1. The Morgan fingerprint density at radius 1 is 1.43 bits per heavy atom. The van der Waals surface area contributed by atoms with Crippen molar-refractivity contribution in [2.24, 2.45) is 0 Å². The standard InChI is InChI=1S/C17H21ClN2O/c1-3-17-16(10-20-7-6-13(21)9-20)14-5-4-12(18)8-15(14)11(2)19-17/h4-5,8,13,19,21H,2-3,6-7,9-10H2,1H3/t13-/m0/s1. The van der Waals surface area contributed by atoms with Gasteiger partial charge in [0.05, 0.1) is 6.10 Å². The van der Waals surface area contributed by atoms with Crippen LogP contribution in [0.5, 0.6) is 0 Å². The molecule has 2 N–H and O–H groups in total. The molecule has 3 rings (SSSR count). The molecule has 1 saturated heterocycles. The number of β-amino-alcohol motifs (C(OH)–C–C–N with tert-alkyl or cyclic N) is 1. The van der Waals surface area contributed by atoms with Crippen LogP contribution in [0.1, 0.15) is 30.9 Å². The summed E-state index contributed by atoms with van der Waals surface area (Å²) >= 11 is 6.12. The Labute approximate surface area is 130 Å². The van der Waals surface area contributed by atoms with E-state index in [1.54, 1.807) is 0 Å². The van der Waals surface area contributed by atoms with E-state index in [0.29, 0.717) is 0 Å². The molecule has 0 aromatic heterocycles. The number of allylic oxidation sites excluding steroid dienone is 1. The summed E-state index contributed by atoms with van der Waals surface area (Å²) in [6.07, 6.45) is 1.61. The summed E-state index contributed by atoms with van der Waals surface area (Å²) in [5.74, 6) is 0. The second-order valence-electron chi connectivity index (χ2n) is 5.78. The molecule has 0 radical (unpaired) electrons. The summed E-state index contributed by atoms with van der Waals surface area (Å²) in [4.78, 5) is 2.31. The van der Waals surface area contributed by atoms with Crippen molar-refractivity contribution < 1.29 is 5.11 Å². The summed E-state index contributed by atoms with van der Waals surface area (Å²) in [5, 5.41) is 13.9. The molecule has 2 aliphatic rings. The van der Waals surface area contributed by atoms with E-state index in [4.69, 9.17) is 11.6 Å². The number of hydrogen-bond acceptors (Lipinski definition) is 3. The average Bonchev–Trinajstić information content (AvgIpc) is 2.87. The Balaban J connectivity index is 1.97. The van der Waals surface area contributed by atoms with Gasteiger partial charge in [0, 0.05) is 41.6 Å². The lowest BCUT2D eigenvalue weighted by molar-refractivity contribution is 0.180. The molecule has 3 nitrogen and oxygen atoms in total. The fourth-order valence-electron chi connectivity index (χ4n) is 3.18. The molecule has 1 fully saturated rings. The molecule has 0 aliphatic carbocycles. The lowest BCUT2D eigenvalue weighted by Crippen LogP contribution is -2.28. The van der Waals surface area contributed by atoms with Gasteiger partial charge in [-0.2, -0.15) is 0 Å². The van der Waals surface area contributed by atoms with Crippen molar-refractivity contribution in [2.45, 2.75) is 25.9 Å². The number of fused-ring (bicyclic) bond motifs is 1. The third-order valence-corrected chi connectivity index (χ3v) is 4.52. The van der Waals surface area contributed by atoms with Crippen LogP contribution in [0.3, 0.4) is 0 Å². The highest BCUT2D eigenvalue weighted by Gasteiger charge is 2.26. The first kappa shape index (κ1) is 14.6. The number of halogens is 1. The van der Waals surface area contributed by atoms with Crippen LogP contribution in [0.2, 0.25) is 5.02 Å². The Kier molecular flexibility index (Phi) is 4.07. The summed E-state index contributed by atoms with van der Waals surface area (Å²) in [7, 11) is 0. The van der Waals surface area contributed by atoms with Crippen LogP contribution in [0.15, 0.2) is 30.5 Å². The van der Waals surface area contributed by atoms with E-state index in [-0.39, 0.29) is 6.10 Å². The maximum absolute atomic E-state index is 9.72. The zero-order chi connectivity index (χ0) is 15.0. The van der Waals surface area contributed by atoms with Gasteiger partial charge in [-0.25, -0.2) is 0 Å². The van der Waals surface area contributed by atoms with Crippen molar-refractivity contribution in [2.75, 3.05) is 19.6 Å². The highest BCUT2D eigenvalue weighted by molar-refractivity contribution is 6.30. The van der Waals surface area contributed by atoms with Gasteiger partial charge in [-0.3, -0.25) is 4.90 Å². The van der Waals surface area contributed by atoms with Crippen molar-refractivity contribution in [1.82, 2.24) is 10.2 Å². The maximum atomic E-state index is 9.72. The second-order valence-corrected chi connectivity index (χ2v) is 6.22. The van der Waals surface area contributed by atoms with E-state index in [2.05, 4.69) is 29.8 Å². The summed E-state index contributed by atoms with van der Waals surface area (Å²) in [6.45, 7) is 8.82. The third kappa shape index (κ3) is 2.86. The summed E-state index contributed by atoms with van der Waals surface area (Å²) < 4.78 is 0. The van der Waals surface area contributed by atoms with Gasteiger partial charge in [-0.1, -0.05) is 31.2 Å². The van der Waals surface area contributed by atoms with Crippen LogP contribution in [0.4, 0.5) is 0 Å². The van der Waals surface area contributed by atoms with E-state index in [1.165, 1.54) is 16.8 Å². The first-order valence-corrected chi connectivity index (χ1v) is 7.85. The largest absolute Gasteiger partial charge is 0.392 e. The molecule has 0 amide bonds. The summed E-state index contributed by atoms with van der Waals surface area (Å²) in [5.41, 5.74) is 5.72. The minimum atomic E-state index is -0.188. The minimum absolute atomic E-state index is 0.188. The molecule has 0 saturated carbocycles. The Morgan fingerprint density at radius 3 is 2.90 bits per heavy atom. The second kappa shape index (κ2) is 5.84. The molecular weight excluding hydrogens is 284 g/mol. The van der Waals surface area contributed by atoms with Gasteiger partial charge >= 0.3 is 0 Å². The smallest absolute Gasteiger partial charge is 0.0679 e. The molecule has 0 spiro atoms. The van der Waals surface area contributed by atoms with Crippen molar-refractivity contribution >= 4 is 22.9 Å². The lowest BCUT2D eigenvalue weighted by Gasteiger charge is -2.29. The molecule has 2 heterocycles. The number of nitrogens with one attached hydrogen (secondary N) is 1. The maximum Gasteiger partial charge on any atom is 0.0679 e. The van der Waals surface area contributed by atoms with Gasteiger partial charge in [-0.05, 0) is 36.1 Å². The number of nitrogens with zero attached hydrogens (tertiary/aromatic N) is 1. The van der Waals surface area contributed by atoms with E-state index >= 15 is 0 Å². The quantitative estimate of drug-likeness (QED) is 0.901. The predicted octanol–water partition coefficient (Wildman–Crippen LogP) is 3.10. The highest BCUT2D eigenvalue weighted by Crippen LogP contribution is 2.34. The van der Waals surface area contributed by atoms with Crippen LogP contribution in [0.25, 0.3) is 11.3 Å². The number of benzene rings is 1. The van der Waals surface area contributed by atoms with Gasteiger partial charge in [0.15, 0.2) is 0 Å². The minimum Gasteiger partial charge on any atom is -0.392 e.